The van der Waals surface area contributed by atoms with Crippen molar-refractivity contribution in [1.29, 1.82) is 0 Å². The van der Waals surface area contributed by atoms with Crippen molar-refractivity contribution in [1.82, 2.24) is 14.8 Å². The number of rotatable bonds is 6. The largest absolute Gasteiger partial charge is 0.396 e. The molecule has 0 unspecified atom stereocenters. The molecule has 2 N–H and O–H groups in total. The van der Waals surface area contributed by atoms with Crippen molar-refractivity contribution >= 4 is 11.8 Å². The number of hydrogen-bond donors (Lipinski definition) is 2. The van der Waals surface area contributed by atoms with E-state index in [4.69, 9.17) is 5.11 Å². The van der Waals surface area contributed by atoms with E-state index in [1.54, 1.807) is 6.20 Å². The number of nitrogens with one attached hydrogen (secondary N) is 1. The van der Waals surface area contributed by atoms with Gasteiger partial charge >= 0.3 is 0 Å². The Kier molecular flexibility index (Phi) is 6.69. The first-order valence-electron chi connectivity index (χ1n) is 11.2. The van der Waals surface area contributed by atoms with Gasteiger partial charge < -0.3 is 15.3 Å². The molecular weight excluding hydrogens is 413 g/mol. The number of amides is 2. The Bertz CT molecular complexity index is 1060. The minimum Gasteiger partial charge on any atom is -0.396 e. The molecule has 2 aromatic rings. The Morgan fingerprint density at radius 1 is 1.16 bits per heavy atom. The van der Waals surface area contributed by atoms with Crippen LogP contribution in [0.4, 0.5) is 4.39 Å². The van der Waals surface area contributed by atoms with Gasteiger partial charge in [0.2, 0.25) is 5.91 Å². The van der Waals surface area contributed by atoms with Gasteiger partial charge in [-0.05, 0) is 61.1 Å². The maximum Gasteiger partial charge on any atom is 0.268 e. The van der Waals surface area contributed by atoms with Crippen LogP contribution in [0.15, 0.2) is 35.3 Å². The molecule has 4 rings (SSSR count). The highest BCUT2D eigenvalue weighted by Crippen LogP contribution is 2.29. The topological polar surface area (TPSA) is 91.6 Å². The maximum absolute atomic E-state index is 13.4. The molecule has 2 amide bonds. The minimum atomic E-state index is -0.494. The second-order valence-corrected chi connectivity index (χ2v) is 8.48. The third kappa shape index (κ3) is 4.46. The van der Waals surface area contributed by atoms with Crippen LogP contribution in [0.1, 0.15) is 53.6 Å². The van der Waals surface area contributed by atoms with Gasteiger partial charge in [0.15, 0.2) is 0 Å². The Hall–Kier alpha value is -3.00. The monoisotopic (exact) mass is 441 g/mol. The van der Waals surface area contributed by atoms with E-state index < -0.39 is 17.3 Å². The highest BCUT2D eigenvalue weighted by molar-refractivity contribution is 5.96. The van der Waals surface area contributed by atoms with Crippen LogP contribution < -0.4 is 10.9 Å². The summed E-state index contributed by atoms with van der Waals surface area (Å²) in [6.45, 7) is 0.995. The molecule has 1 aliphatic heterocycles. The summed E-state index contributed by atoms with van der Waals surface area (Å²) in [7, 11) is 0. The third-order valence-corrected chi connectivity index (χ3v) is 6.37. The molecule has 0 spiro atoms. The van der Waals surface area contributed by atoms with Gasteiger partial charge in [-0.15, -0.1) is 0 Å². The van der Waals surface area contributed by atoms with Crippen LogP contribution >= 0.6 is 0 Å². The van der Waals surface area contributed by atoms with Gasteiger partial charge in [-0.2, -0.15) is 0 Å². The molecule has 0 saturated heterocycles. The Morgan fingerprint density at radius 2 is 1.88 bits per heavy atom. The van der Waals surface area contributed by atoms with Crippen LogP contribution in [0.2, 0.25) is 0 Å². The summed E-state index contributed by atoms with van der Waals surface area (Å²) in [6.07, 6.45) is 6.45. The Labute approximate surface area is 185 Å². The zero-order chi connectivity index (χ0) is 22.7. The van der Waals surface area contributed by atoms with Gasteiger partial charge in [0.25, 0.3) is 11.5 Å². The molecular formula is C24H28FN3O4. The third-order valence-electron chi connectivity index (χ3n) is 6.37. The number of nitrogens with zero attached hydrogens (tertiary/aromatic N) is 2. The first-order valence-corrected chi connectivity index (χ1v) is 11.2. The average molecular weight is 442 g/mol. The SMILES string of the molecule is O=C(NCCCO)c1c2c(cn(-c3ccc(F)cc3)c1=O)CN(C(=O)C1CCCC1)CC2. The molecule has 0 radical (unpaired) electrons. The fourth-order valence-corrected chi connectivity index (χ4v) is 4.67. The number of carbonyl (C=O) groups excluding carboxylic acids is 2. The zero-order valence-corrected chi connectivity index (χ0v) is 18.0. The second-order valence-electron chi connectivity index (χ2n) is 8.48. The smallest absolute Gasteiger partial charge is 0.268 e. The van der Waals surface area contributed by atoms with E-state index in [2.05, 4.69) is 5.32 Å². The normalized spacial score (nSPS) is 16.1. The number of carbonyl (C=O) groups is 2. The van der Waals surface area contributed by atoms with Crippen molar-refractivity contribution in [3.05, 3.63) is 63.3 Å². The molecule has 0 atom stereocenters. The van der Waals surface area contributed by atoms with Crippen molar-refractivity contribution < 1.29 is 19.1 Å². The zero-order valence-electron chi connectivity index (χ0n) is 18.0. The van der Waals surface area contributed by atoms with Crippen molar-refractivity contribution in [2.24, 2.45) is 5.92 Å². The van der Waals surface area contributed by atoms with Crippen LogP contribution in [-0.4, -0.2) is 46.1 Å². The molecule has 32 heavy (non-hydrogen) atoms. The van der Waals surface area contributed by atoms with Crippen molar-refractivity contribution in [3.8, 4) is 5.69 Å². The lowest BCUT2D eigenvalue weighted by Gasteiger charge is -2.32. The molecule has 7 nitrogen and oxygen atoms in total. The van der Waals surface area contributed by atoms with Crippen LogP contribution in [0.3, 0.4) is 0 Å². The number of pyridine rings is 1. The van der Waals surface area contributed by atoms with E-state index in [1.165, 1.54) is 28.8 Å². The van der Waals surface area contributed by atoms with Crippen LogP contribution in [0.25, 0.3) is 5.69 Å². The van der Waals surface area contributed by atoms with Gasteiger partial charge in [-0.1, -0.05) is 12.8 Å². The quantitative estimate of drug-likeness (QED) is 0.672. The summed E-state index contributed by atoms with van der Waals surface area (Å²) in [4.78, 5) is 41.0. The van der Waals surface area contributed by atoms with Gasteiger partial charge in [0.05, 0.1) is 0 Å². The summed E-state index contributed by atoms with van der Waals surface area (Å²) in [5.41, 5.74) is 1.43. The predicted octanol–water partition coefficient (Wildman–Crippen LogP) is 2.16. The lowest BCUT2D eigenvalue weighted by Crippen LogP contribution is -2.42. The molecule has 2 heterocycles. The van der Waals surface area contributed by atoms with Crippen LogP contribution in [-0.2, 0) is 17.8 Å². The number of halogens is 1. The number of fused-ring (bicyclic) bond motifs is 1. The van der Waals surface area contributed by atoms with E-state index in [0.29, 0.717) is 37.2 Å². The number of aliphatic hydroxyl groups excluding tert-OH is 1. The molecule has 170 valence electrons. The number of aromatic nitrogens is 1. The summed E-state index contributed by atoms with van der Waals surface area (Å²) < 4.78 is 14.8. The summed E-state index contributed by atoms with van der Waals surface area (Å²) >= 11 is 0. The first kappa shape index (κ1) is 22.2. The van der Waals surface area contributed by atoms with Crippen LogP contribution in [0.5, 0.6) is 0 Å². The highest BCUT2D eigenvalue weighted by atomic mass is 19.1. The van der Waals surface area contributed by atoms with Crippen molar-refractivity contribution in [3.63, 3.8) is 0 Å². The van der Waals surface area contributed by atoms with E-state index in [1.807, 2.05) is 4.90 Å². The lowest BCUT2D eigenvalue weighted by atomic mass is 9.94. The van der Waals surface area contributed by atoms with E-state index in [9.17, 15) is 18.8 Å². The second kappa shape index (κ2) is 9.65. The van der Waals surface area contributed by atoms with Gasteiger partial charge in [0, 0.05) is 44.0 Å². The van der Waals surface area contributed by atoms with Crippen molar-refractivity contribution in [2.75, 3.05) is 19.7 Å². The molecule has 0 bridgehead atoms. The fourth-order valence-electron chi connectivity index (χ4n) is 4.67. The Balaban J connectivity index is 1.73. The van der Waals surface area contributed by atoms with Crippen molar-refractivity contribution in [2.45, 2.75) is 45.1 Å². The molecule has 1 aliphatic carbocycles. The average Bonchev–Trinajstić information content (AvgIpc) is 3.33. The molecule has 1 aromatic carbocycles. The molecule has 8 heteroatoms. The maximum atomic E-state index is 13.4. The number of aliphatic hydroxyl groups is 1. The molecule has 2 aliphatic rings. The standard InChI is InChI=1S/C24H28FN3O4/c25-18-6-8-19(9-7-18)28-15-17-14-27(23(31)16-4-1-2-5-16)12-10-20(17)21(24(28)32)22(30)26-11-3-13-29/h6-9,15-16,29H,1-5,10-14H2,(H,26,30). The van der Waals surface area contributed by atoms with Crippen LogP contribution in [0, 0.1) is 11.7 Å². The van der Waals surface area contributed by atoms with E-state index in [-0.39, 0.29) is 30.5 Å². The Morgan fingerprint density at radius 3 is 2.56 bits per heavy atom. The number of hydrogen-bond acceptors (Lipinski definition) is 4. The fraction of sp³-hybridized carbons (Fsp3) is 0.458. The highest BCUT2D eigenvalue weighted by Gasteiger charge is 2.32. The molecule has 1 saturated carbocycles. The number of benzene rings is 1. The molecule has 1 aromatic heterocycles. The lowest BCUT2D eigenvalue weighted by molar-refractivity contribution is -0.136. The van der Waals surface area contributed by atoms with Gasteiger partial charge in [-0.25, -0.2) is 4.39 Å². The van der Waals surface area contributed by atoms with E-state index >= 15 is 0 Å². The predicted molar refractivity (Wildman–Crippen MR) is 117 cm³/mol. The van der Waals surface area contributed by atoms with Gasteiger partial charge in [-0.3, -0.25) is 19.0 Å². The summed E-state index contributed by atoms with van der Waals surface area (Å²) in [5, 5.41) is 11.7. The van der Waals surface area contributed by atoms with E-state index in [0.717, 1.165) is 31.2 Å². The minimum absolute atomic E-state index is 0.0535. The summed E-state index contributed by atoms with van der Waals surface area (Å²) in [5.74, 6) is -0.718. The van der Waals surface area contributed by atoms with Gasteiger partial charge in [0.1, 0.15) is 11.4 Å². The first-order chi connectivity index (χ1) is 15.5. The summed E-state index contributed by atoms with van der Waals surface area (Å²) in [6, 6.07) is 5.50. The molecule has 1 fully saturated rings.